The van der Waals surface area contributed by atoms with Gasteiger partial charge in [0.05, 0.1) is 27.5 Å². The zero-order valence-electron chi connectivity index (χ0n) is 11.2. The SMILES string of the molecule is NC(=O)c1c(N)c(Cl)c(C(=O)NCl)c(-c2ccccc2)c1N. The molecule has 114 valence electrons. The number of nitrogens with two attached hydrogens (primary N) is 3. The molecule has 0 aromatic heterocycles. The minimum absolute atomic E-state index is 0.0251. The number of primary amides is 1. The van der Waals surface area contributed by atoms with Crippen LogP contribution in [0.25, 0.3) is 11.1 Å². The summed E-state index contributed by atoms with van der Waals surface area (Å²) in [5.74, 6) is -1.54. The summed E-state index contributed by atoms with van der Waals surface area (Å²) in [7, 11) is 0. The van der Waals surface area contributed by atoms with Gasteiger partial charge in [0.15, 0.2) is 0 Å². The highest BCUT2D eigenvalue weighted by molar-refractivity contribution is 6.40. The zero-order valence-corrected chi connectivity index (χ0v) is 12.7. The summed E-state index contributed by atoms with van der Waals surface area (Å²) >= 11 is 11.5. The fraction of sp³-hybridized carbons (Fsp3) is 0. The van der Waals surface area contributed by atoms with Gasteiger partial charge in [-0.05, 0) is 5.56 Å². The molecule has 0 unspecified atom stereocenters. The molecule has 8 heteroatoms. The predicted molar refractivity (Wildman–Crippen MR) is 87.5 cm³/mol. The van der Waals surface area contributed by atoms with Gasteiger partial charge < -0.3 is 17.2 Å². The van der Waals surface area contributed by atoms with Gasteiger partial charge >= 0.3 is 0 Å². The zero-order chi connectivity index (χ0) is 16.4. The summed E-state index contributed by atoms with van der Waals surface area (Å²) in [6.07, 6.45) is 0. The summed E-state index contributed by atoms with van der Waals surface area (Å²) in [4.78, 5) is 25.6. The number of rotatable bonds is 3. The van der Waals surface area contributed by atoms with Crippen LogP contribution < -0.4 is 22.0 Å². The topological polar surface area (TPSA) is 124 Å². The molecule has 0 aliphatic rings. The third kappa shape index (κ3) is 2.54. The molecule has 0 saturated carbocycles. The lowest BCUT2D eigenvalue weighted by Gasteiger charge is -2.18. The molecule has 0 heterocycles. The minimum Gasteiger partial charge on any atom is -0.397 e. The molecule has 2 aromatic rings. The number of amides is 2. The van der Waals surface area contributed by atoms with E-state index < -0.39 is 11.8 Å². The van der Waals surface area contributed by atoms with Crippen molar-refractivity contribution in [3.8, 4) is 11.1 Å². The van der Waals surface area contributed by atoms with Crippen molar-refractivity contribution >= 4 is 46.6 Å². The van der Waals surface area contributed by atoms with Crippen LogP contribution in [0.4, 0.5) is 11.4 Å². The number of anilines is 2. The number of carbonyl (C=O) groups is 2. The molecule has 0 atom stereocenters. The number of hydrogen-bond acceptors (Lipinski definition) is 4. The summed E-state index contributed by atoms with van der Waals surface area (Å²) in [5.41, 5.74) is 17.6. The monoisotopic (exact) mass is 338 g/mol. The van der Waals surface area contributed by atoms with E-state index in [1.165, 1.54) is 0 Å². The first kappa shape index (κ1) is 15.9. The second-order valence-electron chi connectivity index (χ2n) is 4.42. The molecule has 0 saturated heterocycles. The highest BCUT2D eigenvalue weighted by Crippen LogP contribution is 2.41. The molecule has 0 spiro atoms. The molecule has 0 bridgehead atoms. The highest BCUT2D eigenvalue weighted by Gasteiger charge is 2.27. The summed E-state index contributed by atoms with van der Waals surface area (Å²) in [5, 5.41) is -0.139. The summed E-state index contributed by atoms with van der Waals surface area (Å²) < 4.78 is 0. The number of halogens is 2. The van der Waals surface area contributed by atoms with Crippen molar-refractivity contribution in [1.82, 2.24) is 4.84 Å². The average molecular weight is 339 g/mol. The van der Waals surface area contributed by atoms with Gasteiger partial charge in [0, 0.05) is 17.3 Å². The molecule has 0 aliphatic heterocycles. The molecular formula is C14H12Cl2N4O2. The first-order chi connectivity index (χ1) is 10.4. The molecule has 0 fully saturated rings. The van der Waals surface area contributed by atoms with Crippen molar-refractivity contribution in [3.05, 3.63) is 46.5 Å². The molecule has 7 N–H and O–H groups in total. The van der Waals surface area contributed by atoms with Crippen molar-refractivity contribution in [2.24, 2.45) is 5.73 Å². The Balaban J connectivity index is 2.96. The van der Waals surface area contributed by atoms with E-state index in [4.69, 9.17) is 40.6 Å². The standard InChI is InChI=1S/C14H12Cl2N4O2/c15-10-8(14(22)20-16)7(6-4-2-1-3-5-6)11(17)9(12(10)18)13(19)21/h1-5H,17-18H2,(H2,19,21)(H,20,22). The van der Waals surface area contributed by atoms with Gasteiger partial charge in [0.25, 0.3) is 11.8 Å². The Morgan fingerprint density at radius 2 is 1.59 bits per heavy atom. The van der Waals surface area contributed by atoms with Crippen LogP contribution in [0, 0.1) is 0 Å². The van der Waals surface area contributed by atoms with Crippen LogP contribution in [0.15, 0.2) is 30.3 Å². The van der Waals surface area contributed by atoms with Crippen LogP contribution in [-0.2, 0) is 0 Å². The maximum Gasteiger partial charge on any atom is 0.267 e. The Bertz CT molecular complexity index is 763. The third-order valence-electron chi connectivity index (χ3n) is 3.14. The fourth-order valence-corrected chi connectivity index (χ4v) is 2.56. The molecule has 2 rings (SSSR count). The number of nitrogen functional groups attached to an aromatic ring is 2. The van der Waals surface area contributed by atoms with Crippen molar-refractivity contribution in [2.75, 3.05) is 11.5 Å². The molecule has 22 heavy (non-hydrogen) atoms. The fourth-order valence-electron chi connectivity index (χ4n) is 2.19. The van der Waals surface area contributed by atoms with E-state index >= 15 is 0 Å². The van der Waals surface area contributed by atoms with E-state index in [0.29, 0.717) is 5.56 Å². The van der Waals surface area contributed by atoms with E-state index in [2.05, 4.69) is 0 Å². The predicted octanol–water partition coefficient (Wildman–Crippen LogP) is 2.15. The number of hydrogen-bond donors (Lipinski definition) is 4. The van der Waals surface area contributed by atoms with Gasteiger partial charge in [-0.2, -0.15) is 0 Å². The van der Waals surface area contributed by atoms with E-state index in [-0.39, 0.29) is 33.1 Å². The molecule has 2 amide bonds. The number of nitrogens with one attached hydrogen (secondary N) is 1. The van der Waals surface area contributed by atoms with Crippen molar-refractivity contribution in [1.29, 1.82) is 0 Å². The van der Waals surface area contributed by atoms with Crippen LogP contribution in [0.3, 0.4) is 0 Å². The van der Waals surface area contributed by atoms with E-state index in [1.807, 2.05) is 4.84 Å². The molecule has 2 aromatic carbocycles. The van der Waals surface area contributed by atoms with Crippen molar-refractivity contribution in [2.45, 2.75) is 0 Å². The number of carbonyl (C=O) groups excluding carboxylic acids is 2. The largest absolute Gasteiger partial charge is 0.397 e. The van der Waals surface area contributed by atoms with E-state index in [9.17, 15) is 9.59 Å². The molecule has 6 nitrogen and oxygen atoms in total. The summed E-state index contributed by atoms with van der Waals surface area (Å²) in [6.45, 7) is 0. The van der Waals surface area contributed by atoms with Crippen LogP contribution in [0.5, 0.6) is 0 Å². The Labute approximate surface area is 136 Å². The lowest BCUT2D eigenvalue weighted by Crippen LogP contribution is -2.21. The first-order valence-corrected chi connectivity index (χ1v) is 6.82. The lowest BCUT2D eigenvalue weighted by molar-refractivity contribution is 0.0977. The van der Waals surface area contributed by atoms with Gasteiger partial charge in [-0.3, -0.25) is 14.4 Å². The second-order valence-corrected chi connectivity index (χ2v) is 4.99. The summed E-state index contributed by atoms with van der Waals surface area (Å²) in [6, 6.07) is 8.67. The Morgan fingerprint density at radius 1 is 1.00 bits per heavy atom. The number of benzene rings is 2. The van der Waals surface area contributed by atoms with Crippen LogP contribution in [0.1, 0.15) is 20.7 Å². The van der Waals surface area contributed by atoms with Gasteiger partial charge in [0.2, 0.25) is 0 Å². The van der Waals surface area contributed by atoms with Crippen LogP contribution in [0.2, 0.25) is 5.02 Å². The smallest absolute Gasteiger partial charge is 0.267 e. The normalized spacial score (nSPS) is 10.3. The Kier molecular flexibility index (Phi) is 4.44. The van der Waals surface area contributed by atoms with Gasteiger partial charge in [-0.1, -0.05) is 41.9 Å². The molecule has 0 radical (unpaired) electrons. The van der Waals surface area contributed by atoms with Crippen LogP contribution >= 0.6 is 23.4 Å². The first-order valence-electron chi connectivity index (χ1n) is 6.06. The Hall–Kier alpha value is -2.44. The van der Waals surface area contributed by atoms with Gasteiger partial charge in [-0.25, -0.2) is 0 Å². The van der Waals surface area contributed by atoms with Gasteiger partial charge in [-0.15, -0.1) is 0 Å². The minimum atomic E-state index is -0.841. The molecule has 0 aliphatic carbocycles. The quantitative estimate of drug-likeness (QED) is 0.505. The highest BCUT2D eigenvalue weighted by atomic mass is 35.5. The molecular weight excluding hydrogens is 327 g/mol. The van der Waals surface area contributed by atoms with Crippen LogP contribution in [-0.4, -0.2) is 11.8 Å². The van der Waals surface area contributed by atoms with Gasteiger partial charge in [0.1, 0.15) is 0 Å². The van der Waals surface area contributed by atoms with Crippen molar-refractivity contribution < 1.29 is 9.59 Å². The average Bonchev–Trinajstić information content (AvgIpc) is 2.50. The lowest BCUT2D eigenvalue weighted by atomic mass is 9.92. The maximum absolute atomic E-state index is 12.1. The second kappa shape index (κ2) is 6.13. The van der Waals surface area contributed by atoms with Crippen molar-refractivity contribution in [3.63, 3.8) is 0 Å². The third-order valence-corrected chi connectivity index (χ3v) is 3.70. The maximum atomic E-state index is 12.1. The van der Waals surface area contributed by atoms with E-state index in [0.717, 1.165) is 0 Å². The van der Waals surface area contributed by atoms with E-state index in [1.54, 1.807) is 30.3 Å². The Morgan fingerprint density at radius 3 is 2.09 bits per heavy atom.